The third-order valence-electron chi connectivity index (χ3n) is 2.34. The van der Waals surface area contributed by atoms with Crippen LogP contribution < -0.4 is 5.73 Å². The van der Waals surface area contributed by atoms with Gasteiger partial charge >= 0.3 is 11.9 Å². The number of nitrogens with two attached hydrogens (primary N) is 1. The third-order valence-corrected chi connectivity index (χ3v) is 2.34. The van der Waals surface area contributed by atoms with Crippen molar-refractivity contribution in [3.8, 4) is 6.07 Å². The van der Waals surface area contributed by atoms with Gasteiger partial charge in [-0.2, -0.15) is 5.26 Å². The molecular weight excluding hydrogens is 425 g/mol. The van der Waals surface area contributed by atoms with Crippen molar-refractivity contribution in [1.82, 2.24) is 0 Å². The minimum Gasteiger partial charge on any atom is -0.481 e. The highest BCUT2D eigenvalue weighted by atomic mass is 16.4. The van der Waals surface area contributed by atoms with Crippen LogP contribution in [0.15, 0.2) is 0 Å². The van der Waals surface area contributed by atoms with Crippen molar-refractivity contribution in [3.63, 3.8) is 0 Å². The standard InChI is InChI=1S/C5H6N2O.2C5H7NO3.C3H9N.2CH4/c1-7-4-5(8)2-3-6;2*1-6-3-4(7)2-5(8)9;1-2-3-4;;/h5,8H,2,4H2;2*4,7H,2-3H2,(H,8,9);2-4H2,1H3;2*1H4/t5-;2*4-;;;/m010.../s1/i2*6+1;;4+1;;. The quantitative estimate of drug-likeness (QED) is 0.216. The Bertz CT molecular complexity index is 551. The zero-order chi connectivity index (χ0) is 24.4. The van der Waals surface area contributed by atoms with Crippen molar-refractivity contribution in [2.45, 2.75) is 65.8 Å². The Hall–Kier alpha value is -3.26. The molecule has 0 saturated heterocycles. The van der Waals surface area contributed by atoms with E-state index in [2.05, 4.69) is 21.5 Å². The van der Waals surface area contributed by atoms with E-state index in [-0.39, 0.29) is 53.8 Å². The van der Waals surface area contributed by atoms with Crippen molar-refractivity contribution in [2.75, 3.05) is 26.2 Å². The largest absolute Gasteiger partial charge is 0.481 e. The Morgan fingerprint density at radius 1 is 0.875 bits per heavy atom. The van der Waals surface area contributed by atoms with E-state index < -0.39 is 30.3 Å². The van der Waals surface area contributed by atoms with E-state index in [1.807, 2.05) is 0 Å². The summed E-state index contributed by atoms with van der Waals surface area (Å²) in [6, 6.07) is 1.76. The van der Waals surface area contributed by atoms with Crippen LogP contribution in [0.25, 0.3) is 14.5 Å². The predicted molar refractivity (Wildman–Crippen MR) is 120 cm³/mol. The number of nitriles is 1. The molecule has 3 atom stereocenters. The average Bonchev–Trinajstić information content (AvgIpc) is 2.62. The molecule has 0 unspecified atom stereocenters. The molecule has 0 fully saturated rings. The molecule has 0 spiro atoms. The molecule has 12 heteroatoms. The van der Waals surface area contributed by atoms with E-state index >= 15 is 0 Å². The SMILES string of the molecule is C.C.CCC[15NH2].[C-]#[15N+]C[C@H](O)CC(=O)O.[C-]#[N+]C[C@@H](O)CC#[15N].[C-]#[N+]C[C@@H](O)CC(=O)O. The second kappa shape index (κ2) is 35.2. The fourth-order valence-corrected chi connectivity index (χ4v) is 1.02. The highest BCUT2D eigenvalue weighted by molar-refractivity contribution is 5.67. The first-order valence-corrected chi connectivity index (χ1v) is 8.60. The number of rotatable bonds is 9. The van der Waals surface area contributed by atoms with Gasteiger partial charge in [0.05, 0.1) is 25.3 Å². The van der Waals surface area contributed by atoms with Crippen LogP contribution in [0.4, 0.5) is 0 Å². The summed E-state index contributed by atoms with van der Waals surface area (Å²) in [4.78, 5) is 28.2. The molecular formula is C20H37N5O7. The van der Waals surface area contributed by atoms with E-state index in [4.69, 9.17) is 56.2 Å². The first kappa shape index (κ1) is 42.8. The maximum absolute atomic E-state index is 9.82. The maximum Gasteiger partial charge on any atom is 0.306 e. The number of carboxylic acids is 2. The molecule has 0 aliphatic carbocycles. The Kier molecular flexibility index (Phi) is 47.0. The van der Waals surface area contributed by atoms with Crippen molar-refractivity contribution >= 4 is 11.9 Å². The van der Waals surface area contributed by atoms with Crippen LogP contribution in [0.1, 0.15) is 47.5 Å². The van der Waals surface area contributed by atoms with Crippen molar-refractivity contribution in [2.24, 2.45) is 5.73 Å². The summed E-state index contributed by atoms with van der Waals surface area (Å²) in [7, 11) is 0. The predicted octanol–water partition coefficient (Wildman–Crippen LogP) is 1.29. The summed E-state index contributed by atoms with van der Waals surface area (Å²) >= 11 is 0. The van der Waals surface area contributed by atoms with Crippen molar-refractivity contribution < 1.29 is 35.1 Å². The second-order valence-corrected chi connectivity index (χ2v) is 5.33. The van der Waals surface area contributed by atoms with Crippen LogP contribution >= 0.6 is 0 Å². The summed E-state index contributed by atoms with van der Waals surface area (Å²) in [5.41, 5.74) is 5.03. The molecule has 0 rings (SSSR count). The molecule has 0 saturated carbocycles. The fraction of sp³-hybridized carbons (Fsp3) is 0.700. The molecule has 7 N–H and O–H groups in total. The Morgan fingerprint density at radius 2 is 1.16 bits per heavy atom. The number of hydrogen-bond donors (Lipinski definition) is 6. The van der Waals surface area contributed by atoms with E-state index in [0.29, 0.717) is 0 Å². The molecule has 0 bridgehead atoms. The molecule has 12 nitrogen and oxygen atoms in total. The van der Waals surface area contributed by atoms with E-state index in [9.17, 15) is 9.59 Å². The van der Waals surface area contributed by atoms with Crippen LogP contribution in [-0.2, 0) is 9.59 Å². The smallest absolute Gasteiger partial charge is 0.306 e. The summed E-state index contributed by atoms with van der Waals surface area (Å²) in [5, 5.41) is 49.9. The van der Waals surface area contributed by atoms with Gasteiger partial charge in [-0.15, -0.1) is 0 Å². The van der Waals surface area contributed by atoms with Gasteiger partial charge in [0.1, 0.15) is 18.3 Å². The average molecular weight is 463 g/mol. The molecule has 0 aromatic heterocycles. The molecule has 0 aromatic rings. The molecule has 0 amide bonds. The van der Waals surface area contributed by atoms with Crippen molar-refractivity contribution in [1.29, 1.82) is 5.26 Å². The number of nitrogens with zero attached hydrogens (tertiary/aromatic N) is 4. The van der Waals surface area contributed by atoms with Gasteiger partial charge in [-0.3, -0.25) is 9.59 Å². The first-order chi connectivity index (χ1) is 14.1. The lowest BCUT2D eigenvalue weighted by Crippen LogP contribution is -2.14. The second-order valence-electron chi connectivity index (χ2n) is 5.33. The van der Waals surface area contributed by atoms with E-state index in [0.717, 1.165) is 13.0 Å². The number of carboxylic acid groups (broad SMARTS) is 2. The summed E-state index contributed by atoms with van der Waals surface area (Å²) in [6.07, 6.45) is -2.31. The van der Waals surface area contributed by atoms with E-state index in [1.165, 1.54) is 0 Å². The molecule has 0 radical (unpaired) electrons. The molecule has 0 aliphatic heterocycles. The summed E-state index contributed by atoms with van der Waals surface area (Å²) in [6.45, 7) is 21.4. The van der Waals surface area contributed by atoms with E-state index in [1.54, 1.807) is 6.07 Å². The Morgan fingerprint density at radius 3 is 1.34 bits per heavy atom. The Balaban J connectivity index is -0.0000000711. The third kappa shape index (κ3) is 56.3. The first-order valence-electron chi connectivity index (χ1n) is 8.60. The lowest BCUT2D eigenvalue weighted by molar-refractivity contribution is -0.140. The number of aliphatic carboxylic acids is 2. The fourth-order valence-electron chi connectivity index (χ4n) is 1.02. The number of hydrogen-bond acceptors (Lipinski definition) is 7. The zero-order valence-electron chi connectivity index (χ0n) is 16.8. The van der Waals surface area contributed by atoms with Crippen LogP contribution in [0.5, 0.6) is 0 Å². The van der Waals surface area contributed by atoms with Crippen LogP contribution in [-0.4, -0.2) is 82.0 Å². The normalized spacial score (nSPS) is 10.5. The number of carbonyl (C=O) groups is 2. The molecule has 0 aliphatic rings. The van der Waals surface area contributed by atoms with Gasteiger partial charge in [-0.05, 0) is 13.0 Å². The number of aliphatic hydroxyl groups excluding tert-OH is 3. The highest BCUT2D eigenvalue weighted by Crippen LogP contribution is 1.91. The highest BCUT2D eigenvalue weighted by Gasteiger charge is 2.11. The van der Waals surface area contributed by atoms with Gasteiger partial charge in [0.15, 0.2) is 0 Å². The van der Waals surface area contributed by atoms with Gasteiger partial charge in [0, 0.05) is 0 Å². The molecule has 32 heavy (non-hydrogen) atoms. The van der Waals surface area contributed by atoms with Crippen molar-refractivity contribution in [3.05, 3.63) is 34.3 Å². The molecule has 0 heterocycles. The lowest BCUT2D eigenvalue weighted by atomic mass is 10.3. The molecule has 0 aromatic carbocycles. The van der Waals surface area contributed by atoms with Gasteiger partial charge < -0.3 is 45.8 Å². The van der Waals surface area contributed by atoms with Gasteiger partial charge in [-0.25, -0.2) is 19.7 Å². The van der Waals surface area contributed by atoms with Crippen LogP contribution in [0.2, 0.25) is 0 Å². The van der Waals surface area contributed by atoms with Gasteiger partial charge in [0.25, 0.3) is 0 Å². The van der Waals surface area contributed by atoms with Gasteiger partial charge in [0.2, 0.25) is 19.6 Å². The summed E-state index contributed by atoms with van der Waals surface area (Å²) in [5.74, 6) is -2.16. The zero-order valence-corrected chi connectivity index (χ0v) is 16.8. The number of aliphatic hydroxyl groups is 3. The lowest BCUT2D eigenvalue weighted by Gasteiger charge is -1.96. The Labute approximate surface area is 191 Å². The van der Waals surface area contributed by atoms with Crippen LogP contribution in [0.3, 0.4) is 0 Å². The minimum atomic E-state index is -1.08. The summed E-state index contributed by atoms with van der Waals surface area (Å²) < 4.78 is 0. The topological polar surface area (TPSA) is 198 Å². The van der Waals surface area contributed by atoms with Crippen LogP contribution in [0, 0.1) is 31.0 Å². The monoisotopic (exact) mass is 462 g/mol. The minimum absolute atomic E-state index is 0. The van der Waals surface area contributed by atoms with Gasteiger partial charge in [-0.1, -0.05) is 21.8 Å². The maximum atomic E-state index is 9.82. The molecule has 184 valence electrons.